The van der Waals surface area contributed by atoms with Gasteiger partial charge in [-0.3, -0.25) is 4.55 Å². The third kappa shape index (κ3) is 9.92. The van der Waals surface area contributed by atoms with Crippen molar-refractivity contribution in [1.82, 2.24) is 0 Å². The van der Waals surface area contributed by atoms with Crippen molar-refractivity contribution in [2.75, 3.05) is 0 Å². The Labute approximate surface area is 492 Å². The Morgan fingerprint density at radius 3 is 0.686 bits per heavy atom. The molecule has 0 aliphatic heterocycles. The highest BCUT2D eigenvalue weighted by atomic mass is 127. The Kier molecular flexibility index (Phi) is 24.9. The highest BCUT2D eigenvalue weighted by Crippen LogP contribution is 2.81. The number of alkyl halides is 21. The maximum atomic E-state index is 12.5. The van der Waals surface area contributed by atoms with Gasteiger partial charge in [0.2, 0.25) is 0.760 Å². The van der Waals surface area contributed by atoms with E-state index >= 15 is 0 Å². The first kappa shape index (κ1) is 50.2. The van der Waals surface area contributed by atoms with Gasteiger partial charge in [0, 0.05) is 0 Å². The third-order valence-electron chi connectivity index (χ3n) is 3.81. The first-order valence-corrected chi connectivity index (χ1v) is 31.0. The van der Waals surface area contributed by atoms with Crippen LogP contribution in [0.2, 0.25) is 0 Å². The summed E-state index contributed by atoms with van der Waals surface area (Å²) in [5.74, 6) is 0. The summed E-state index contributed by atoms with van der Waals surface area (Å²) in [5, 5.41) is 0. The van der Waals surface area contributed by atoms with Crippen molar-refractivity contribution in [1.29, 1.82) is 0 Å². The van der Waals surface area contributed by atoms with Gasteiger partial charge in [-0.15, -0.1) is 0 Å². The molecule has 1 N–H and O–H groups in total. The van der Waals surface area contributed by atoms with Gasteiger partial charge in [0.1, 0.15) is 10.9 Å². The molecule has 0 aliphatic carbocycles. The summed E-state index contributed by atoms with van der Waals surface area (Å²) < 4.78 is 30.4. The van der Waals surface area contributed by atoms with Crippen molar-refractivity contribution in [2.45, 2.75) is 11.6 Å². The molecule has 0 aromatic carbocycles. The minimum atomic E-state index is -4.35. The molecular formula is C10HI21O3S. The summed E-state index contributed by atoms with van der Waals surface area (Å²) in [5.41, 5.74) is 0. The second kappa shape index (κ2) is 17.4. The van der Waals surface area contributed by atoms with Gasteiger partial charge < -0.3 is 0 Å². The molecule has 0 fully saturated rings. The first-order valence-electron chi connectivity index (χ1n) is 6.94. The van der Waals surface area contributed by atoms with E-state index in [0.29, 0.717) is 0 Å². The molecule has 0 atom stereocenters. The zero-order valence-electron chi connectivity index (χ0n) is 14.6. The summed E-state index contributed by atoms with van der Waals surface area (Å²) >= 11 is 51.9. The minimum Gasteiger partial charge on any atom is -0.284 e. The van der Waals surface area contributed by atoms with Gasteiger partial charge in [-0.25, -0.2) is 0 Å². The molecule has 0 spiro atoms. The standard InChI is InChI=1S/C10HI21O3S/c11-1(12,3(15,16)5(19,20)7(23,24)9(27,28)29)2(13,14)4(17,18)6(21,22)8(25,26)10(30,31)35(32,33)34/h(H,32,33,34). The maximum absolute atomic E-state index is 12.5. The molecule has 25 heteroatoms. The van der Waals surface area contributed by atoms with E-state index in [9.17, 15) is 13.0 Å². The molecule has 0 aliphatic rings. The molecule has 212 valence electrons. The monoisotopic (exact) mass is 2870 g/mol. The molecule has 0 radical (unpaired) electrons. The predicted octanol–water partition coefficient (Wildman–Crippen LogP) is 15.9. The fourth-order valence-corrected chi connectivity index (χ4v) is 35.1. The van der Waals surface area contributed by atoms with Gasteiger partial charge in [0.05, 0.1) is 0 Å². The highest BCUT2D eigenvalue weighted by molar-refractivity contribution is 14.3. The van der Waals surface area contributed by atoms with Crippen molar-refractivity contribution < 1.29 is 13.0 Å². The Morgan fingerprint density at radius 1 is 0.343 bits per heavy atom. The van der Waals surface area contributed by atoms with Crippen LogP contribution in [0, 0.1) is 0 Å². The average Bonchev–Trinajstić information content (AvgIpc) is 2.58. The van der Waals surface area contributed by atoms with E-state index in [4.69, 9.17) is 0 Å². The third-order valence-corrected chi connectivity index (χ3v) is 78.0. The summed E-state index contributed by atoms with van der Waals surface area (Å²) in [7, 11) is -4.35. The first-order chi connectivity index (χ1) is 14.5. The van der Waals surface area contributed by atoms with Crippen LogP contribution in [0.25, 0.3) is 0 Å². The van der Waals surface area contributed by atoms with E-state index in [1.54, 1.807) is 0 Å². The Bertz CT molecular complexity index is 912. The number of hydrogen-bond donors (Lipinski definition) is 1. The van der Waals surface area contributed by atoms with Crippen LogP contribution in [0.15, 0.2) is 0 Å². The van der Waals surface area contributed by atoms with E-state index in [1.165, 1.54) is 0 Å². The van der Waals surface area contributed by atoms with Crippen LogP contribution in [0.3, 0.4) is 0 Å². The zero-order valence-corrected chi connectivity index (χ0v) is 60.7. The molecule has 0 rings (SSSR count). The quantitative estimate of drug-likeness (QED) is 0.135. The second-order valence-corrected chi connectivity index (χ2v) is 67.9. The van der Waals surface area contributed by atoms with E-state index in [-0.39, 0.29) is 5.15 Å². The molecule has 0 unspecified atom stereocenters. The summed E-state index contributed by atoms with van der Waals surface area (Å²) in [6.07, 6.45) is 0. The van der Waals surface area contributed by atoms with Gasteiger partial charge in [-0.05, 0) is 45.2 Å². The van der Waals surface area contributed by atoms with Gasteiger partial charge in [-0.2, -0.15) is 8.42 Å². The summed E-state index contributed by atoms with van der Waals surface area (Å²) in [4.78, 5) is 0. The topological polar surface area (TPSA) is 54.4 Å². The molecule has 0 aromatic rings. The smallest absolute Gasteiger partial charge is 0.284 e. The lowest BCUT2D eigenvalue weighted by atomic mass is 10.1. The molecule has 0 aromatic heterocycles. The van der Waals surface area contributed by atoms with Crippen LogP contribution >= 0.6 is 474 Å². The van der Waals surface area contributed by atoms with Gasteiger partial charge >= 0.3 is 0 Å². The molecule has 0 saturated heterocycles. The van der Waals surface area contributed by atoms with Crippen molar-refractivity contribution in [2.24, 2.45) is 0 Å². The number of rotatable bonds is 10. The van der Waals surface area contributed by atoms with E-state index < -0.39 is 16.6 Å². The second-order valence-electron chi connectivity index (χ2n) is 6.08. The van der Waals surface area contributed by atoms with Crippen molar-refractivity contribution in [3.05, 3.63) is 0 Å². The molecule has 0 heterocycles. The lowest BCUT2D eigenvalue weighted by Crippen LogP contribution is -2.70. The predicted molar refractivity (Wildman–Crippen MR) is 333 cm³/mol. The SMILES string of the molecule is O=S(=O)(O)C(I)(I)C(I)(I)C(I)(I)C(I)(I)C(I)(I)C(I)(I)C(I)(I)C(I)(I)C(I)(I)C(I)(I)I. The largest absolute Gasteiger partial charge is 0.291 e. The Balaban J connectivity index is 7.21. The lowest BCUT2D eigenvalue weighted by molar-refractivity contribution is 0.477. The molecule has 3 nitrogen and oxygen atoms in total. The Morgan fingerprint density at radius 2 is 0.514 bits per heavy atom. The van der Waals surface area contributed by atoms with Gasteiger partial charge in [0.25, 0.3) is 10.1 Å². The van der Waals surface area contributed by atoms with Crippen LogP contribution in [-0.4, -0.2) is 24.6 Å². The normalized spacial score (nSPS) is 17.1. The fraction of sp³-hybridized carbons (Fsp3) is 1.00. The zero-order chi connectivity index (χ0) is 29.5. The molecule has 0 bridgehead atoms. The maximum Gasteiger partial charge on any atom is 0.291 e. The molecular weight excluding hydrogens is 2870 g/mol. The van der Waals surface area contributed by atoms with Gasteiger partial charge in [0.15, 0.2) is 0 Å². The minimum absolute atomic E-state index is 0.0486. The number of halogens is 21. The average molecular weight is 2870 g/mol. The van der Waals surface area contributed by atoms with E-state index in [0.717, 1.165) is 0 Å². The van der Waals surface area contributed by atoms with Crippen molar-refractivity contribution >= 4 is 485 Å². The van der Waals surface area contributed by atoms with Crippen LogP contribution in [0.5, 0.6) is 0 Å². The molecule has 0 amide bonds. The molecule has 35 heavy (non-hydrogen) atoms. The van der Waals surface area contributed by atoms with Crippen molar-refractivity contribution in [3.8, 4) is 0 Å². The van der Waals surface area contributed by atoms with E-state index in [2.05, 4.69) is 429 Å². The van der Waals surface area contributed by atoms with Crippen LogP contribution < -0.4 is 0 Å². The van der Waals surface area contributed by atoms with E-state index in [1.807, 2.05) is 45.2 Å². The highest BCUT2D eigenvalue weighted by Gasteiger charge is 2.80. The lowest BCUT2D eigenvalue weighted by Gasteiger charge is -2.59. The molecule has 0 saturated carbocycles. The summed E-state index contributed by atoms with van der Waals surface area (Å²) in [6.45, 7) is 0. The van der Waals surface area contributed by atoms with Gasteiger partial charge in [-0.1, -0.05) is 429 Å². The van der Waals surface area contributed by atoms with Crippen LogP contribution in [0.1, 0.15) is 0 Å². The Hall–Kier alpha value is 15.2. The number of hydrogen-bond acceptors (Lipinski definition) is 2. The van der Waals surface area contributed by atoms with Crippen molar-refractivity contribution in [3.63, 3.8) is 0 Å². The van der Waals surface area contributed by atoms with Crippen LogP contribution in [0.4, 0.5) is 0 Å². The fourth-order valence-electron chi connectivity index (χ4n) is 1.71. The summed E-state index contributed by atoms with van der Waals surface area (Å²) in [6, 6.07) is 0. The van der Waals surface area contributed by atoms with Crippen LogP contribution in [-0.2, 0) is 10.1 Å².